The van der Waals surface area contributed by atoms with Crippen LogP contribution in [0, 0.1) is 0 Å². The first-order chi connectivity index (χ1) is 9.51. The standard InChI is InChI=1S/C12H15N3O4S/c1-3-18-10(16)7-5-14-12(15-9(7)13)20-8-4-6(2)19-11(8)17/h5-6,8H,3-4H2,1-2H3,(H2,13,14,15). The summed E-state index contributed by atoms with van der Waals surface area (Å²) in [5, 5.41) is 0.00411. The van der Waals surface area contributed by atoms with E-state index in [1.54, 1.807) is 6.92 Å². The minimum Gasteiger partial charge on any atom is -0.462 e. The normalized spacial score (nSPS) is 21.6. The molecular weight excluding hydrogens is 282 g/mol. The van der Waals surface area contributed by atoms with Crippen molar-refractivity contribution in [2.75, 3.05) is 12.3 Å². The highest BCUT2D eigenvalue weighted by Crippen LogP contribution is 2.30. The molecule has 2 rings (SSSR count). The fourth-order valence-electron chi connectivity index (χ4n) is 1.74. The quantitative estimate of drug-likeness (QED) is 0.649. The average molecular weight is 297 g/mol. The van der Waals surface area contributed by atoms with Gasteiger partial charge >= 0.3 is 11.9 Å². The number of carbonyl (C=O) groups is 2. The Morgan fingerprint density at radius 2 is 2.40 bits per heavy atom. The molecule has 7 nitrogen and oxygen atoms in total. The minimum atomic E-state index is -0.560. The first kappa shape index (κ1) is 14.6. The van der Waals surface area contributed by atoms with Gasteiger partial charge in [0.05, 0.1) is 6.61 Å². The average Bonchev–Trinajstić information content (AvgIpc) is 2.68. The smallest absolute Gasteiger partial charge is 0.343 e. The summed E-state index contributed by atoms with van der Waals surface area (Å²) in [6.07, 6.45) is 1.81. The lowest BCUT2D eigenvalue weighted by Gasteiger charge is -2.07. The predicted octanol–water partition coefficient (Wildman–Crippen LogP) is 1.03. The van der Waals surface area contributed by atoms with E-state index in [4.69, 9.17) is 15.2 Å². The number of aromatic nitrogens is 2. The van der Waals surface area contributed by atoms with Crippen molar-refractivity contribution in [3.05, 3.63) is 11.8 Å². The second-order valence-electron chi connectivity index (χ2n) is 4.26. The van der Waals surface area contributed by atoms with Crippen LogP contribution >= 0.6 is 11.8 Å². The molecule has 1 aliphatic rings. The summed E-state index contributed by atoms with van der Waals surface area (Å²) in [6, 6.07) is 0. The molecule has 1 aromatic heterocycles. The van der Waals surface area contributed by atoms with Crippen LogP contribution in [0.2, 0.25) is 0 Å². The Morgan fingerprint density at radius 1 is 1.65 bits per heavy atom. The van der Waals surface area contributed by atoms with E-state index in [2.05, 4.69) is 9.97 Å². The minimum absolute atomic E-state index is 0.0420. The van der Waals surface area contributed by atoms with Gasteiger partial charge in [-0.05, 0) is 13.8 Å². The molecule has 8 heteroatoms. The van der Waals surface area contributed by atoms with E-state index in [1.807, 2.05) is 6.92 Å². The first-order valence-corrected chi connectivity index (χ1v) is 7.06. The molecule has 1 saturated heterocycles. The molecule has 108 valence electrons. The van der Waals surface area contributed by atoms with Crippen molar-refractivity contribution in [3.63, 3.8) is 0 Å². The van der Waals surface area contributed by atoms with Gasteiger partial charge in [-0.15, -0.1) is 0 Å². The number of hydrogen-bond donors (Lipinski definition) is 1. The van der Waals surface area contributed by atoms with Gasteiger partial charge in [0.25, 0.3) is 0 Å². The lowest BCUT2D eigenvalue weighted by molar-refractivity contribution is -0.140. The molecule has 20 heavy (non-hydrogen) atoms. The van der Waals surface area contributed by atoms with Gasteiger partial charge in [0, 0.05) is 12.6 Å². The molecule has 1 aliphatic heterocycles. The van der Waals surface area contributed by atoms with Crippen molar-refractivity contribution in [1.29, 1.82) is 0 Å². The maximum absolute atomic E-state index is 11.6. The van der Waals surface area contributed by atoms with E-state index in [0.717, 1.165) is 0 Å². The summed E-state index contributed by atoms with van der Waals surface area (Å²) in [5.41, 5.74) is 5.83. The lowest BCUT2D eigenvalue weighted by atomic mass is 10.3. The molecule has 0 amide bonds. The van der Waals surface area contributed by atoms with Gasteiger partial charge in [0.15, 0.2) is 5.16 Å². The first-order valence-electron chi connectivity index (χ1n) is 6.18. The van der Waals surface area contributed by atoms with Crippen molar-refractivity contribution >= 4 is 29.5 Å². The highest BCUT2D eigenvalue weighted by molar-refractivity contribution is 8.00. The summed E-state index contributed by atoms with van der Waals surface area (Å²) < 4.78 is 9.88. The van der Waals surface area contributed by atoms with Gasteiger partial charge in [-0.1, -0.05) is 11.8 Å². The number of esters is 2. The zero-order valence-corrected chi connectivity index (χ0v) is 12.0. The second kappa shape index (κ2) is 6.08. The van der Waals surface area contributed by atoms with Gasteiger partial charge in [-0.25, -0.2) is 14.8 Å². The molecule has 0 aliphatic carbocycles. The fourth-order valence-corrected chi connectivity index (χ4v) is 2.78. The van der Waals surface area contributed by atoms with Gasteiger partial charge in [0.1, 0.15) is 22.7 Å². The van der Waals surface area contributed by atoms with Gasteiger partial charge in [-0.2, -0.15) is 0 Å². The third kappa shape index (κ3) is 3.19. The number of thioether (sulfide) groups is 1. The van der Waals surface area contributed by atoms with Crippen LogP contribution in [0.4, 0.5) is 5.82 Å². The van der Waals surface area contributed by atoms with E-state index < -0.39 is 5.97 Å². The topological polar surface area (TPSA) is 104 Å². The van der Waals surface area contributed by atoms with Crippen molar-refractivity contribution in [1.82, 2.24) is 9.97 Å². The van der Waals surface area contributed by atoms with Crippen LogP contribution < -0.4 is 5.73 Å². The lowest BCUT2D eigenvalue weighted by Crippen LogP contribution is -2.13. The Morgan fingerprint density at radius 3 is 2.95 bits per heavy atom. The summed E-state index contributed by atoms with van der Waals surface area (Å²) >= 11 is 1.18. The van der Waals surface area contributed by atoms with Crippen molar-refractivity contribution < 1.29 is 19.1 Å². The number of carbonyl (C=O) groups excluding carboxylic acids is 2. The number of hydrogen-bond acceptors (Lipinski definition) is 8. The molecule has 0 saturated carbocycles. The maximum atomic E-state index is 11.6. The van der Waals surface area contributed by atoms with Gasteiger partial charge in [-0.3, -0.25) is 4.79 Å². The van der Waals surface area contributed by atoms with Crippen molar-refractivity contribution in [3.8, 4) is 0 Å². The zero-order chi connectivity index (χ0) is 14.7. The predicted molar refractivity (Wildman–Crippen MR) is 72.2 cm³/mol. The molecule has 2 N–H and O–H groups in total. The molecule has 2 heterocycles. The largest absolute Gasteiger partial charge is 0.462 e. The number of nitrogen functional groups attached to an aromatic ring is 1. The second-order valence-corrected chi connectivity index (χ2v) is 5.43. The molecule has 2 atom stereocenters. The van der Waals surface area contributed by atoms with Crippen LogP contribution in [0.25, 0.3) is 0 Å². The molecule has 0 bridgehead atoms. The number of rotatable bonds is 4. The molecule has 1 fully saturated rings. The van der Waals surface area contributed by atoms with Crippen LogP contribution in [0.3, 0.4) is 0 Å². The Labute approximate surface area is 120 Å². The summed E-state index contributed by atoms with van der Waals surface area (Å²) in [5.74, 6) is -0.796. The highest BCUT2D eigenvalue weighted by atomic mass is 32.2. The molecule has 0 aromatic carbocycles. The van der Waals surface area contributed by atoms with Crippen LogP contribution in [-0.4, -0.2) is 39.9 Å². The molecular formula is C12H15N3O4S. The summed E-state index contributed by atoms with van der Waals surface area (Å²) in [6.45, 7) is 3.78. The Hall–Kier alpha value is -1.83. The van der Waals surface area contributed by atoms with E-state index in [9.17, 15) is 9.59 Å². The van der Waals surface area contributed by atoms with E-state index in [1.165, 1.54) is 18.0 Å². The number of nitrogens with zero attached hydrogens (tertiary/aromatic N) is 2. The van der Waals surface area contributed by atoms with E-state index >= 15 is 0 Å². The van der Waals surface area contributed by atoms with Crippen molar-refractivity contribution in [2.24, 2.45) is 0 Å². The highest BCUT2D eigenvalue weighted by Gasteiger charge is 2.33. The van der Waals surface area contributed by atoms with E-state index in [-0.39, 0.29) is 35.3 Å². The monoisotopic (exact) mass is 297 g/mol. The summed E-state index contributed by atoms with van der Waals surface area (Å²) in [4.78, 5) is 31.1. The van der Waals surface area contributed by atoms with Crippen molar-refractivity contribution in [2.45, 2.75) is 36.8 Å². The molecule has 1 aromatic rings. The number of cyclic esters (lactones) is 1. The van der Waals surface area contributed by atoms with Crippen LogP contribution in [-0.2, 0) is 14.3 Å². The Balaban J connectivity index is 2.09. The fraction of sp³-hybridized carbons (Fsp3) is 0.500. The number of anilines is 1. The van der Waals surface area contributed by atoms with Gasteiger partial charge in [0.2, 0.25) is 0 Å². The third-order valence-electron chi connectivity index (χ3n) is 2.67. The van der Waals surface area contributed by atoms with Crippen LogP contribution in [0.15, 0.2) is 11.4 Å². The molecule has 0 radical (unpaired) electrons. The van der Waals surface area contributed by atoms with Crippen LogP contribution in [0.1, 0.15) is 30.6 Å². The number of nitrogens with two attached hydrogens (primary N) is 1. The van der Waals surface area contributed by atoms with Crippen LogP contribution in [0.5, 0.6) is 0 Å². The Bertz CT molecular complexity index is 537. The van der Waals surface area contributed by atoms with E-state index in [0.29, 0.717) is 11.6 Å². The third-order valence-corrected chi connectivity index (χ3v) is 3.74. The Kier molecular flexibility index (Phi) is 4.43. The summed E-state index contributed by atoms with van der Waals surface area (Å²) in [7, 11) is 0. The molecule has 0 spiro atoms. The zero-order valence-electron chi connectivity index (χ0n) is 11.2. The number of ether oxygens (including phenoxy) is 2. The van der Waals surface area contributed by atoms with Gasteiger partial charge < -0.3 is 15.2 Å². The molecule has 2 unspecified atom stereocenters. The maximum Gasteiger partial charge on any atom is 0.343 e. The SMILES string of the molecule is CCOC(=O)c1cnc(SC2CC(C)OC2=O)nc1N.